The molecule has 0 aromatic heterocycles. The molecule has 2 saturated carbocycles. The summed E-state index contributed by atoms with van der Waals surface area (Å²) in [5, 5.41) is 6.95. The molecule has 0 amide bonds. The van der Waals surface area contributed by atoms with Crippen LogP contribution in [-0.4, -0.2) is 39.9 Å². The average molecular weight is 226 g/mol. The molecule has 0 aromatic rings. The molecule has 2 unspecified atom stereocenters. The predicted molar refractivity (Wildman–Crippen MR) is 66.6 cm³/mol. The maximum absolute atomic E-state index is 4.97. The smallest absolute Gasteiger partial charge is 0.0587 e. The molecule has 3 heteroatoms. The molecule has 94 valence electrons. The lowest BCUT2D eigenvalue weighted by atomic mass is 10.0. The molecule has 0 spiro atoms. The zero-order chi connectivity index (χ0) is 11.2. The van der Waals surface area contributed by atoms with Gasteiger partial charge in [0, 0.05) is 13.7 Å². The Morgan fingerprint density at radius 3 is 2.50 bits per heavy atom. The molecule has 0 aliphatic heterocycles. The molecule has 2 fully saturated rings. The largest absolute Gasteiger partial charge is 0.383 e. The molecular formula is C13H26N2O. The van der Waals surface area contributed by atoms with Gasteiger partial charge in [-0.1, -0.05) is 0 Å². The third-order valence-corrected chi connectivity index (χ3v) is 3.96. The van der Waals surface area contributed by atoms with Crippen LogP contribution in [0.1, 0.15) is 25.7 Å². The van der Waals surface area contributed by atoms with Gasteiger partial charge in [-0.2, -0.15) is 0 Å². The Hall–Kier alpha value is -0.120. The van der Waals surface area contributed by atoms with Crippen LogP contribution in [0.2, 0.25) is 0 Å². The first kappa shape index (κ1) is 12.3. The predicted octanol–water partition coefficient (Wildman–Crippen LogP) is 1.25. The van der Waals surface area contributed by atoms with Crippen molar-refractivity contribution < 1.29 is 4.74 Å². The molecule has 0 aromatic carbocycles. The third kappa shape index (κ3) is 4.04. The maximum Gasteiger partial charge on any atom is 0.0587 e. The van der Waals surface area contributed by atoms with Gasteiger partial charge in [-0.25, -0.2) is 0 Å². The number of methoxy groups -OCH3 is 1. The van der Waals surface area contributed by atoms with Gasteiger partial charge in [0.1, 0.15) is 0 Å². The molecule has 0 radical (unpaired) electrons. The molecular weight excluding hydrogens is 200 g/mol. The fraction of sp³-hybridized carbons (Fsp3) is 1.00. The van der Waals surface area contributed by atoms with Gasteiger partial charge < -0.3 is 15.4 Å². The summed E-state index contributed by atoms with van der Waals surface area (Å²) in [6.45, 7) is 5.31. The number of fused-ring (bicyclic) bond motifs is 1. The summed E-state index contributed by atoms with van der Waals surface area (Å²) < 4.78 is 4.97. The van der Waals surface area contributed by atoms with Gasteiger partial charge in [-0.05, 0) is 63.1 Å². The van der Waals surface area contributed by atoms with Crippen LogP contribution in [0.25, 0.3) is 0 Å². The van der Waals surface area contributed by atoms with Gasteiger partial charge in [0.05, 0.1) is 6.61 Å². The molecule has 2 N–H and O–H groups in total. The number of rotatable bonds is 9. The van der Waals surface area contributed by atoms with Crippen molar-refractivity contribution in [2.75, 3.05) is 39.9 Å². The highest BCUT2D eigenvalue weighted by molar-refractivity contribution is 4.96. The maximum atomic E-state index is 4.97. The van der Waals surface area contributed by atoms with E-state index in [2.05, 4.69) is 10.6 Å². The van der Waals surface area contributed by atoms with Crippen molar-refractivity contribution in [3.05, 3.63) is 0 Å². The number of hydrogen-bond acceptors (Lipinski definition) is 3. The second-order valence-electron chi connectivity index (χ2n) is 5.39. The Morgan fingerprint density at radius 2 is 1.75 bits per heavy atom. The van der Waals surface area contributed by atoms with Gasteiger partial charge in [-0.15, -0.1) is 0 Å². The van der Waals surface area contributed by atoms with Crippen LogP contribution in [0.15, 0.2) is 0 Å². The van der Waals surface area contributed by atoms with Crippen LogP contribution < -0.4 is 10.6 Å². The number of hydrogen-bond donors (Lipinski definition) is 2. The minimum absolute atomic E-state index is 0.818. The highest BCUT2D eigenvalue weighted by Gasteiger charge is 2.45. The zero-order valence-corrected chi connectivity index (χ0v) is 10.5. The molecule has 16 heavy (non-hydrogen) atoms. The summed E-state index contributed by atoms with van der Waals surface area (Å²) in [7, 11) is 1.75. The SMILES string of the molecule is COCCNCCCNCC1CC2CC2C1. The Kier molecular flexibility index (Phi) is 5.07. The quantitative estimate of drug-likeness (QED) is 0.581. The molecule has 0 heterocycles. The summed E-state index contributed by atoms with van der Waals surface area (Å²) in [6, 6.07) is 0. The summed E-state index contributed by atoms with van der Waals surface area (Å²) in [5.41, 5.74) is 0. The summed E-state index contributed by atoms with van der Waals surface area (Å²) in [4.78, 5) is 0. The molecule has 0 saturated heterocycles. The van der Waals surface area contributed by atoms with Crippen molar-refractivity contribution in [1.29, 1.82) is 0 Å². The van der Waals surface area contributed by atoms with Crippen LogP contribution in [0.4, 0.5) is 0 Å². The van der Waals surface area contributed by atoms with Crippen LogP contribution >= 0.6 is 0 Å². The van der Waals surface area contributed by atoms with E-state index in [1.807, 2.05) is 0 Å². The molecule has 2 atom stereocenters. The Bertz CT molecular complexity index is 188. The second-order valence-corrected chi connectivity index (χ2v) is 5.39. The van der Waals surface area contributed by atoms with E-state index in [0.717, 1.165) is 44.0 Å². The normalized spacial score (nSPS) is 31.7. The zero-order valence-electron chi connectivity index (χ0n) is 10.5. The lowest BCUT2D eigenvalue weighted by Gasteiger charge is -2.12. The minimum atomic E-state index is 0.818. The number of ether oxygens (including phenoxy) is 1. The molecule has 3 nitrogen and oxygen atoms in total. The van der Waals surface area contributed by atoms with Crippen molar-refractivity contribution >= 4 is 0 Å². The first-order valence-electron chi connectivity index (χ1n) is 6.80. The summed E-state index contributed by atoms with van der Waals surface area (Å²) >= 11 is 0. The molecule has 2 aliphatic rings. The second kappa shape index (κ2) is 6.58. The van der Waals surface area contributed by atoms with Crippen LogP contribution in [-0.2, 0) is 4.74 Å². The van der Waals surface area contributed by atoms with Crippen LogP contribution in [0, 0.1) is 17.8 Å². The van der Waals surface area contributed by atoms with Gasteiger partial charge in [-0.3, -0.25) is 0 Å². The van der Waals surface area contributed by atoms with Gasteiger partial charge in [0.2, 0.25) is 0 Å². The first-order chi connectivity index (χ1) is 7.90. The lowest BCUT2D eigenvalue weighted by Crippen LogP contribution is -2.27. The van der Waals surface area contributed by atoms with Crippen molar-refractivity contribution in [1.82, 2.24) is 10.6 Å². The first-order valence-corrected chi connectivity index (χ1v) is 6.80. The van der Waals surface area contributed by atoms with E-state index in [0.29, 0.717) is 0 Å². The van der Waals surface area contributed by atoms with E-state index in [-0.39, 0.29) is 0 Å². The molecule has 2 rings (SSSR count). The fourth-order valence-electron chi connectivity index (χ4n) is 2.95. The van der Waals surface area contributed by atoms with Gasteiger partial charge >= 0.3 is 0 Å². The Labute approximate surface area is 99.3 Å². The standard InChI is InChI=1S/C13H26N2O/c1-16-6-5-14-3-2-4-15-10-11-7-12-9-13(12)8-11/h11-15H,2-10H2,1H3. The van der Waals surface area contributed by atoms with Crippen LogP contribution in [0.3, 0.4) is 0 Å². The van der Waals surface area contributed by atoms with Crippen molar-refractivity contribution in [3.8, 4) is 0 Å². The monoisotopic (exact) mass is 226 g/mol. The topological polar surface area (TPSA) is 33.3 Å². The van der Waals surface area contributed by atoms with E-state index in [9.17, 15) is 0 Å². The van der Waals surface area contributed by atoms with E-state index in [1.165, 1.54) is 25.8 Å². The fourth-order valence-corrected chi connectivity index (χ4v) is 2.95. The van der Waals surface area contributed by atoms with E-state index in [4.69, 9.17) is 4.74 Å². The summed E-state index contributed by atoms with van der Waals surface area (Å²) in [6.07, 6.45) is 5.77. The van der Waals surface area contributed by atoms with E-state index in [1.54, 1.807) is 13.5 Å². The van der Waals surface area contributed by atoms with Crippen molar-refractivity contribution in [3.63, 3.8) is 0 Å². The van der Waals surface area contributed by atoms with Gasteiger partial charge in [0.15, 0.2) is 0 Å². The van der Waals surface area contributed by atoms with Crippen molar-refractivity contribution in [2.24, 2.45) is 17.8 Å². The summed E-state index contributed by atoms with van der Waals surface area (Å²) in [5.74, 6) is 3.25. The van der Waals surface area contributed by atoms with Crippen molar-refractivity contribution in [2.45, 2.75) is 25.7 Å². The van der Waals surface area contributed by atoms with Gasteiger partial charge in [0.25, 0.3) is 0 Å². The Balaban J connectivity index is 1.33. The van der Waals surface area contributed by atoms with Crippen LogP contribution in [0.5, 0.6) is 0 Å². The number of nitrogens with one attached hydrogen (secondary N) is 2. The third-order valence-electron chi connectivity index (χ3n) is 3.96. The Morgan fingerprint density at radius 1 is 1.00 bits per heavy atom. The molecule has 2 aliphatic carbocycles. The van der Waals surface area contributed by atoms with E-state index < -0.39 is 0 Å². The lowest BCUT2D eigenvalue weighted by molar-refractivity contribution is 0.199. The van der Waals surface area contributed by atoms with E-state index >= 15 is 0 Å². The highest BCUT2D eigenvalue weighted by Crippen LogP contribution is 2.54. The highest BCUT2D eigenvalue weighted by atomic mass is 16.5. The average Bonchev–Trinajstić information content (AvgIpc) is 2.90. The minimum Gasteiger partial charge on any atom is -0.383 e. The molecule has 0 bridgehead atoms.